The van der Waals surface area contributed by atoms with Gasteiger partial charge >= 0.3 is 5.97 Å². The van der Waals surface area contributed by atoms with Crippen LogP contribution in [0.2, 0.25) is 5.02 Å². The fourth-order valence-corrected chi connectivity index (χ4v) is 4.12. The third-order valence-corrected chi connectivity index (χ3v) is 5.99. The standard InChI is InChI=1S/C27H23ClN2O6/c1-3-14-36-27(34)16-7-9-17(10-8-16)30-23(21-6-4-5-13-29-21)22(25(32)26(30)33)24(31)19-15-18(35-2)11-12-20(19)28/h4-13,15,23,31H,3,14H2,1-2H3/b24-22+. The van der Waals surface area contributed by atoms with E-state index in [1.807, 2.05) is 6.92 Å². The number of halogens is 1. The maximum atomic E-state index is 13.3. The molecule has 9 heteroatoms. The molecule has 0 aliphatic carbocycles. The summed E-state index contributed by atoms with van der Waals surface area (Å²) in [7, 11) is 1.46. The lowest BCUT2D eigenvalue weighted by Gasteiger charge is -2.24. The first kappa shape index (κ1) is 24.9. The van der Waals surface area contributed by atoms with Crippen LogP contribution in [0, 0.1) is 0 Å². The highest BCUT2D eigenvalue weighted by atomic mass is 35.5. The van der Waals surface area contributed by atoms with E-state index in [9.17, 15) is 19.5 Å². The fourth-order valence-electron chi connectivity index (χ4n) is 3.91. The molecule has 0 saturated carbocycles. The molecule has 0 radical (unpaired) electrons. The molecule has 3 aromatic rings. The van der Waals surface area contributed by atoms with Crippen LogP contribution in [-0.2, 0) is 14.3 Å². The number of benzene rings is 2. The molecule has 0 spiro atoms. The lowest BCUT2D eigenvalue weighted by atomic mass is 9.98. The van der Waals surface area contributed by atoms with Crippen LogP contribution in [0.15, 0.2) is 72.4 Å². The molecule has 1 atom stereocenters. The Morgan fingerprint density at radius 1 is 1.11 bits per heavy atom. The zero-order chi connectivity index (χ0) is 25.8. The van der Waals surface area contributed by atoms with Gasteiger partial charge in [0.2, 0.25) is 0 Å². The zero-order valence-electron chi connectivity index (χ0n) is 19.6. The number of pyridine rings is 1. The Hall–Kier alpha value is -4.17. The number of aliphatic hydroxyl groups excluding tert-OH is 1. The number of aliphatic hydroxyl groups is 1. The topological polar surface area (TPSA) is 106 Å². The minimum Gasteiger partial charge on any atom is -0.507 e. The number of hydrogen-bond donors (Lipinski definition) is 1. The van der Waals surface area contributed by atoms with Crippen molar-refractivity contribution in [2.45, 2.75) is 19.4 Å². The number of amides is 1. The van der Waals surface area contributed by atoms with Gasteiger partial charge in [-0.3, -0.25) is 19.5 Å². The largest absolute Gasteiger partial charge is 0.507 e. The second kappa shape index (κ2) is 10.6. The first-order chi connectivity index (χ1) is 17.4. The van der Waals surface area contributed by atoms with Gasteiger partial charge in [-0.1, -0.05) is 24.6 Å². The number of carbonyl (C=O) groups excluding carboxylic acids is 3. The number of Topliss-reactive ketones (excluding diaryl/α,β-unsaturated/α-hetero) is 1. The first-order valence-corrected chi connectivity index (χ1v) is 11.6. The molecule has 1 aliphatic rings. The summed E-state index contributed by atoms with van der Waals surface area (Å²) in [6.45, 7) is 2.19. The number of carbonyl (C=O) groups is 3. The molecule has 1 aliphatic heterocycles. The van der Waals surface area contributed by atoms with E-state index >= 15 is 0 Å². The minimum absolute atomic E-state index is 0.143. The van der Waals surface area contributed by atoms with E-state index in [4.69, 9.17) is 21.1 Å². The Kier molecular flexibility index (Phi) is 7.36. The Bertz CT molecular complexity index is 1340. The summed E-state index contributed by atoms with van der Waals surface area (Å²) in [5, 5.41) is 11.4. The number of rotatable bonds is 7. The molecular formula is C27H23ClN2O6. The molecule has 1 unspecified atom stereocenters. The third kappa shape index (κ3) is 4.67. The molecule has 8 nitrogen and oxygen atoms in total. The number of ketones is 1. The van der Waals surface area contributed by atoms with E-state index in [-0.39, 0.29) is 16.2 Å². The van der Waals surface area contributed by atoms with Crippen LogP contribution in [0.5, 0.6) is 5.75 Å². The molecule has 36 heavy (non-hydrogen) atoms. The van der Waals surface area contributed by atoms with E-state index < -0.39 is 29.5 Å². The van der Waals surface area contributed by atoms with Crippen LogP contribution in [0.1, 0.15) is 41.0 Å². The van der Waals surface area contributed by atoms with Crippen LogP contribution in [0.25, 0.3) is 5.76 Å². The van der Waals surface area contributed by atoms with Crippen LogP contribution in [0.3, 0.4) is 0 Å². The molecule has 2 aromatic carbocycles. The third-order valence-electron chi connectivity index (χ3n) is 5.66. The lowest BCUT2D eigenvalue weighted by Crippen LogP contribution is -2.29. The van der Waals surface area contributed by atoms with Gasteiger partial charge in [0.05, 0.1) is 35.6 Å². The van der Waals surface area contributed by atoms with Crippen molar-refractivity contribution in [1.29, 1.82) is 0 Å². The lowest BCUT2D eigenvalue weighted by molar-refractivity contribution is -0.132. The van der Waals surface area contributed by atoms with Crippen molar-refractivity contribution in [3.63, 3.8) is 0 Å². The molecule has 1 amide bonds. The summed E-state index contributed by atoms with van der Waals surface area (Å²) in [5.74, 6) is -2.27. The molecule has 2 heterocycles. The Labute approximate surface area is 212 Å². The number of ether oxygens (including phenoxy) is 2. The summed E-state index contributed by atoms with van der Waals surface area (Å²) in [4.78, 5) is 44.3. The van der Waals surface area contributed by atoms with Gasteiger partial charge in [0, 0.05) is 17.4 Å². The van der Waals surface area contributed by atoms with Crippen LogP contribution >= 0.6 is 11.6 Å². The number of aromatic nitrogens is 1. The van der Waals surface area contributed by atoms with Crippen molar-refractivity contribution in [2.24, 2.45) is 0 Å². The molecule has 1 fully saturated rings. The normalized spacial score (nSPS) is 16.8. The Morgan fingerprint density at radius 3 is 2.50 bits per heavy atom. The predicted molar refractivity (Wildman–Crippen MR) is 134 cm³/mol. The molecular weight excluding hydrogens is 484 g/mol. The highest BCUT2D eigenvalue weighted by Crippen LogP contribution is 2.42. The highest BCUT2D eigenvalue weighted by molar-refractivity contribution is 6.52. The molecule has 184 valence electrons. The van der Waals surface area contributed by atoms with Crippen molar-refractivity contribution in [3.05, 3.63) is 94.3 Å². The van der Waals surface area contributed by atoms with Gasteiger partial charge in [0.25, 0.3) is 11.7 Å². The van der Waals surface area contributed by atoms with E-state index in [2.05, 4.69) is 4.98 Å². The van der Waals surface area contributed by atoms with Gasteiger partial charge in [-0.2, -0.15) is 0 Å². The first-order valence-electron chi connectivity index (χ1n) is 11.2. The molecule has 4 rings (SSSR count). The smallest absolute Gasteiger partial charge is 0.338 e. The van der Waals surface area contributed by atoms with E-state index in [0.29, 0.717) is 35.7 Å². The number of esters is 1. The summed E-state index contributed by atoms with van der Waals surface area (Å²) >= 11 is 6.32. The molecule has 1 saturated heterocycles. The number of hydrogen-bond acceptors (Lipinski definition) is 7. The maximum absolute atomic E-state index is 13.3. The minimum atomic E-state index is -1.04. The monoisotopic (exact) mass is 506 g/mol. The predicted octanol–water partition coefficient (Wildman–Crippen LogP) is 4.94. The Balaban J connectivity index is 1.84. The number of nitrogens with zero attached hydrogens (tertiary/aromatic N) is 2. The van der Waals surface area contributed by atoms with Crippen molar-refractivity contribution in [2.75, 3.05) is 18.6 Å². The SMILES string of the molecule is CCCOC(=O)c1ccc(N2C(=O)C(=O)/C(=C(/O)c3cc(OC)ccc3Cl)C2c2ccccn2)cc1. The zero-order valence-corrected chi connectivity index (χ0v) is 20.4. The second-order valence-corrected chi connectivity index (χ2v) is 8.36. The molecule has 1 aromatic heterocycles. The van der Waals surface area contributed by atoms with E-state index in [1.54, 1.807) is 36.4 Å². The van der Waals surface area contributed by atoms with Crippen molar-refractivity contribution >= 4 is 40.7 Å². The average molecular weight is 507 g/mol. The highest BCUT2D eigenvalue weighted by Gasteiger charge is 2.47. The van der Waals surface area contributed by atoms with Gasteiger partial charge < -0.3 is 14.6 Å². The quantitative estimate of drug-likeness (QED) is 0.209. The molecule has 0 bridgehead atoms. The summed E-state index contributed by atoms with van der Waals surface area (Å²) < 4.78 is 10.4. The van der Waals surface area contributed by atoms with E-state index in [1.165, 1.54) is 42.5 Å². The van der Waals surface area contributed by atoms with Crippen molar-refractivity contribution in [1.82, 2.24) is 4.98 Å². The average Bonchev–Trinajstić information content (AvgIpc) is 3.17. The van der Waals surface area contributed by atoms with Crippen molar-refractivity contribution in [3.8, 4) is 5.75 Å². The second-order valence-electron chi connectivity index (χ2n) is 7.95. The van der Waals surface area contributed by atoms with Crippen LogP contribution in [-0.4, -0.2) is 41.5 Å². The Morgan fingerprint density at radius 2 is 1.86 bits per heavy atom. The number of anilines is 1. The van der Waals surface area contributed by atoms with Gasteiger partial charge in [-0.05, 0) is 61.0 Å². The maximum Gasteiger partial charge on any atom is 0.338 e. The van der Waals surface area contributed by atoms with Crippen LogP contribution in [0.4, 0.5) is 5.69 Å². The molecule has 1 N–H and O–H groups in total. The van der Waals surface area contributed by atoms with Gasteiger partial charge in [-0.15, -0.1) is 0 Å². The summed E-state index contributed by atoms with van der Waals surface area (Å²) in [6.07, 6.45) is 2.22. The summed E-state index contributed by atoms with van der Waals surface area (Å²) in [5.41, 5.74) is 0.991. The van der Waals surface area contributed by atoms with Gasteiger partial charge in [-0.25, -0.2) is 4.79 Å². The fraction of sp³-hybridized carbons (Fsp3) is 0.185. The van der Waals surface area contributed by atoms with Gasteiger partial charge in [0.15, 0.2) is 0 Å². The summed E-state index contributed by atoms with van der Waals surface area (Å²) in [6, 6.07) is 14.8. The van der Waals surface area contributed by atoms with Crippen molar-refractivity contribution < 1.29 is 29.0 Å². The van der Waals surface area contributed by atoms with E-state index in [0.717, 1.165) is 0 Å². The van der Waals surface area contributed by atoms with Crippen LogP contribution < -0.4 is 9.64 Å². The van der Waals surface area contributed by atoms with Gasteiger partial charge in [0.1, 0.15) is 17.6 Å². The number of methoxy groups -OCH3 is 1.